The molecule has 0 saturated heterocycles. The van der Waals surface area contributed by atoms with Crippen LogP contribution >= 0.6 is 0 Å². The van der Waals surface area contributed by atoms with Crippen LogP contribution in [-0.2, 0) is 18.6 Å². The predicted octanol–water partition coefficient (Wildman–Crippen LogP) is 3.89. The Kier molecular flexibility index (Phi) is 100. The fourth-order valence-electron chi connectivity index (χ4n) is 0.791. The third-order valence-electron chi connectivity index (χ3n) is 2.56. The molecule has 0 fully saturated rings. The van der Waals surface area contributed by atoms with Crippen LogP contribution in [0.4, 0.5) is 0 Å². The van der Waals surface area contributed by atoms with Crippen LogP contribution in [0.5, 0.6) is 0 Å². The zero-order valence-corrected chi connectivity index (χ0v) is 19.7. The molecule has 1 radical (unpaired) electrons. The zero-order valence-electron chi connectivity index (χ0n) is 18.3. The van der Waals surface area contributed by atoms with E-state index in [9.17, 15) is 0 Å². The van der Waals surface area contributed by atoms with Crippen molar-refractivity contribution in [1.82, 2.24) is 0 Å². The van der Waals surface area contributed by atoms with E-state index in [1.807, 2.05) is 0 Å². The number of hydrogen-bond donors (Lipinski definition) is 5. The van der Waals surface area contributed by atoms with E-state index in [0.717, 1.165) is 64.2 Å². The molecule has 0 unspecified atom stereocenters. The first-order valence-corrected chi connectivity index (χ1v) is 10.1. The molecular weight excluding hydrogens is 371 g/mol. The SMILES string of the molecule is CCCCO.CCCCO.CCCCO.CCCCO.CCCCO.[V]. The van der Waals surface area contributed by atoms with Crippen molar-refractivity contribution in [3.05, 3.63) is 0 Å². The summed E-state index contributed by atoms with van der Waals surface area (Å²) in [5.41, 5.74) is 0. The Bertz CT molecular complexity index is 96.5. The molecule has 0 bridgehead atoms. The summed E-state index contributed by atoms with van der Waals surface area (Å²) >= 11 is 0. The molecule has 5 nitrogen and oxygen atoms in total. The standard InChI is InChI=1S/5C4H10O.V/c5*1-2-3-4-5;/h5*5H,2-4H2,1H3;. The normalized spacial score (nSPS) is 8.08. The third kappa shape index (κ3) is 124. The van der Waals surface area contributed by atoms with Gasteiger partial charge in [-0.15, -0.1) is 0 Å². The first kappa shape index (κ1) is 40.9. The maximum atomic E-state index is 8.07. The fourth-order valence-corrected chi connectivity index (χ4v) is 0.791. The second-order valence-corrected chi connectivity index (χ2v) is 5.39. The van der Waals surface area contributed by atoms with E-state index in [4.69, 9.17) is 25.5 Å². The summed E-state index contributed by atoms with van der Waals surface area (Å²) < 4.78 is 0. The number of aliphatic hydroxyl groups excluding tert-OH is 5. The Balaban J connectivity index is -0.0000000476. The molecule has 0 atom stereocenters. The Morgan fingerprint density at radius 2 is 0.462 bits per heavy atom. The van der Waals surface area contributed by atoms with Gasteiger partial charge in [0.25, 0.3) is 0 Å². The second kappa shape index (κ2) is 63.8. The van der Waals surface area contributed by atoms with E-state index >= 15 is 0 Å². The van der Waals surface area contributed by atoms with Crippen LogP contribution in [0, 0.1) is 0 Å². The molecule has 26 heavy (non-hydrogen) atoms. The molecule has 0 aromatic rings. The summed E-state index contributed by atoms with van der Waals surface area (Å²) in [6, 6.07) is 0. The Morgan fingerprint density at radius 1 is 0.346 bits per heavy atom. The van der Waals surface area contributed by atoms with Crippen molar-refractivity contribution < 1.29 is 44.1 Å². The second-order valence-electron chi connectivity index (χ2n) is 5.39. The molecule has 165 valence electrons. The molecular formula is C20H50O5V. The average Bonchev–Trinajstić information content (AvgIpc) is 2.61. The van der Waals surface area contributed by atoms with Crippen molar-refractivity contribution in [3.8, 4) is 0 Å². The van der Waals surface area contributed by atoms with E-state index in [1.54, 1.807) is 0 Å². The van der Waals surface area contributed by atoms with Gasteiger partial charge in [-0.1, -0.05) is 66.7 Å². The predicted molar refractivity (Wildman–Crippen MR) is 110 cm³/mol. The van der Waals surface area contributed by atoms with Gasteiger partial charge in [0.05, 0.1) is 0 Å². The molecule has 0 spiro atoms. The largest absolute Gasteiger partial charge is 0.396 e. The number of aliphatic hydroxyl groups is 5. The molecule has 0 amide bonds. The smallest absolute Gasteiger partial charge is 0.0430 e. The van der Waals surface area contributed by atoms with Crippen LogP contribution in [0.3, 0.4) is 0 Å². The maximum absolute atomic E-state index is 8.07. The third-order valence-corrected chi connectivity index (χ3v) is 2.56. The molecule has 0 aromatic carbocycles. The molecule has 0 aliphatic heterocycles. The van der Waals surface area contributed by atoms with Crippen molar-refractivity contribution in [2.24, 2.45) is 0 Å². The Hall–Kier alpha value is 0.384. The van der Waals surface area contributed by atoms with Gasteiger partial charge in [-0.25, -0.2) is 0 Å². The minimum Gasteiger partial charge on any atom is -0.396 e. The van der Waals surface area contributed by atoms with Crippen LogP contribution < -0.4 is 0 Å². The maximum Gasteiger partial charge on any atom is 0.0430 e. The molecule has 0 heterocycles. The van der Waals surface area contributed by atoms with Crippen LogP contribution in [0.1, 0.15) is 98.8 Å². The number of unbranched alkanes of at least 4 members (excludes halogenated alkanes) is 5. The van der Waals surface area contributed by atoms with E-state index in [0.29, 0.717) is 33.0 Å². The van der Waals surface area contributed by atoms with Crippen molar-refractivity contribution in [3.63, 3.8) is 0 Å². The molecule has 0 aromatic heterocycles. The molecule has 5 N–H and O–H groups in total. The minimum absolute atomic E-state index is 0. The van der Waals surface area contributed by atoms with E-state index in [1.165, 1.54) is 0 Å². The zero-order chi connectivity index (χ0) is 20.6. The molecule has 6 heteroatoms. The van der Waals surface area contributed by atoms with Crippen molar-refractivity contribution in [2.45, 2.75) is 98.8 Å². The van der Waals surface area contributed by atoms with Crippen LogP contribution in [0.15, 0.2) is 0 Å². The average molecular weight is 422 g/mol. The van der Waals surface area contributed by atoms with Crippen LogP contribution in [-0.4, -0.2) is 58.6 Å². The summed E-state index contributed by atoms with van der Waals surface area (Å²) in [6.45, 7) is 12.0. The van der Waals surface area contributed by atoms with E-state index < -0.39 is 0 Å². The van der Waals surface area contributed by atoms with Gasteiger partial charge in [0, 0.05) is 51.6 Å². The van der Waals surface area contributed by atoms with Crippen molar-refractivity contribution in [2.75, 3.05) is 33.0 Å². The van der Waals surface area contributed by atoms with Gasteiger partial charge >= 0.3 is 0 Å². The van der Waals surface area contributed by atoms with Gasteiger partial charge in [-0.2, -0.15) is 0 Å². The number of hydrogen-bond acceptors (Lipinski definition) is 5. The molecule has 0 aliphatic carbocycles. The van der Waals surface area contributed by atoms with Gasteiger partial charge in [0.1, 0.15) is 0 Å². The summed E-state index contributed by atoms with van der Waals surface area (Å²) in [5.74, 6) is 0. The molecule has 0 aliphatic rings. The number of rotatable bonds is 10. The summed E-state index contributed by atoms with van der Waals surface area (Å²) in [7, 11) is 0. The first-order chi connectivity index (χ1) is 12.1. The van der Waals surface area contributed by atoms with Gasteiger partial charge in [-0.05, 0) is 32.1 Å². The Labute approximate surface area is 176 Å². The van der Waals surface area contributed by atoms with Gasteiger partial charge in [0.2, 0.25) is 0 Å². The minimum atomic E-state index is 0. The van der Waals surface area contributed by atoms with Crippen molar-refractivity contribution in [1.29, 1.82) is 0 Å². The summed E-state index contributed by atoms with van der Waals surface area (Å²) in [4.78, 5) is 0. The van der Waals surface area contributed by atoms with Crippen molar-refractivity contribution >= 4 is 0 Å². The first-order valence-electron chi connectivity index (χ1n) is 10.1. The van der Waals surface area contributed by atoms with Gasteiger partial charge in [-0.3, -0.25) is 0 Å². The molecule has 0 saturated carbocycles. The van der Waals surface area contributed by atoms with Gasteiger partial charge < -0.3 is 25.5 Å². The fraction of sp³-hybridized carbons (Fsp3) is 1.00. The Morgan fingerprint density at radius 3 is 0.462 bits per heavy atom. The topological polar surface area (TPSA) is 101 Å². The van der Waals surface area contributed by atoms with Crippen LogP contribution in [0.2, 0.25) is 0 Å². The van der Waals surface area contributed by atoms with E-state index in [2.05, 4.69) is 34.6 Å². The van der Waals surface area contributed by atoms with Crippen LogP contribution in [0.25, 0.3) is 0 Å². The summed E-state index contributed by atoms with van der Waals surface area (Å²) in [5, 5.41) is 40.3. The van der Waals surface area contributed by atoms with Gasteiger partial charge in [0.15, 0.2) is 0 Å². The summed E-state index contributed by atoms with van der Waals surface area (Å²) in [6.07, 6.45) is 10.2. The molecule has 0 rings (SSSR count). The quantitative estimate of drug-likeness (QED) is 0.368. The monoisotopic (exact) mass is 421 g/mol. The van der Waals surface area contributed by atoms with E-state index in [-0.39, 0.29) is 18.6 Å².